The summed E-state index contributed by atoms with van der Waals surface area (Å²) in [5.41, 5.74) is 6.28. The van der Waals surface area contributed by atoms with Crippen LogP contribution in [0, 0.1) is 0 Å². The van der Waals surface area contributed by atoms with Crippen molar-refractivity contribution in [2.75, 3.05) is 12.3 Å². The molecule has 0 aliphatic heterocycles. The molecule has 1 aromatic heterocycles. The Bertz CT molecular complexity index is 352. The minimum Gasteiger partial charge on any atom is -0.383 e. The minimum absolute atomic E-state index is 0.0345. The van der Waals surface area contributed by atoms with Gasteiger partial charge in [0, 0.05) is 24.2 Å². The van der Waals surface area contributed by atoms with Gasteiger partial charge in [-0.25, -0.2) is 4.98 Å². The predicted octanol–water partition coefficient (Wildman–Crippen LogP) is 2.66. The van der Waals surface area contributed by atoms with Crippen LogP contribution in [0.4, 0.5) is 19.0 Å². The van der Waals surface area contributed by atoms with Crippen molar-refractivity contribution in [2.45, 2.75) is 32.0 Å². The highest BCUT2D eigenvalue weighted by Gasteiger charge is 2.29. The molecule has 0 saturated heterocycles. The molecule has 6 heteroatoms. The molecule has 1 atom stereocenters. The zero-order valence-electron chi connectivity index (χ0n) is 9.59. The fourth-order valence-electron chi connectivity index (χ4n) is 1.65. The van der Waals surface area contributed by atoms with Crippen molar-refractivity contribution in [3.63, 3.8) is 0 Å². The molecule has 3 nitrogen and oxygen atoms in total. The number of halogens is 3. The van der Waals surface area contributed by atoms with Crippen molar-refractivity contribution in [2.24, 2.45) is 0 Å². The molecule has 3 N–H and O–H groups in total. The number of nitrogen functional groups attached to an aromatic ring is 1. The highest BCUT2D eigenvalue weighted by atomic mass is 19.4. The molecule has 17 heavy (non-hydrogen) atoms. The van der Waals surface area contributed by atoms with Gasteiger partial charge < -0.3 is 11.1 Å². The average molecular weight is 247 g/mol. The molecule has 0 bridgehead atoms. The second kappa shape index (κ2) is 5.86. The summed E-state index contributed by atoms with van der Waals surface area (Å²) in [6, 6.07) is 2.96. The van der Waals surface area contributed by atoms with Crippen LogP contribution in [-0.2, 0) is 0 Å². The van der Waals surface area contributed by atoms with Gasteiger partial charge in [-0.3, -0.25) is 0 Å². The molecule has 0 aliphatic rings. The number of aromatic nitrogens is 1. The maximum atomic E-state index is 12.2. The molecule has 1 rings (SSSR count). The Hall–Kier alpha value is -1.30. The first-order valence-corrected chi connectivity index (χ1v) is 5.44. The minimum atomic E-state index is -4.15. The summed E-state index contributed by atoms with van der Waals surface area (Å²) in [5, 5.41) is 2.99. The number of nitrogens with two attached hydrogens (primary N) is 1. The predicted molar refractivity (Wildman–Crippen MR) is 60.4 cm³/mol. The number of pyridine rings is 1. The number of hydrogen-bond donors (Lipinski definition) is 2. The van der Waals surface area contributed by atoms with Gasteiger partial charge in [0.1, 0.15) is 5.82 Å². The van der Waals surface area contributed by atoms with Crippen LogP contribution in [0.1, 0.15) is 31.4 Å². The Morgan fingerprint density at radius 1 is 1.47 bits per heavy atom. The van der Waals surface area contributed by atoms with Crippen LogP contribution in [0.3, 0.4) is 0 Å². The number of rotatable bonds is 5. The third-order valence-electron chi connectivity index (χ3n) is 2.41. The van der Waals surface area contributed by atoms with E-state index < -0.39 is 18.6 Å². The van der Waals surface area contributed by atoms with Crippen LogP contribution in [0.15, 0.2) is 18.3 Å². The number of hydrogen-bond acceptors (Lipinski definition) is 3. The molecule has 0 saturated carbocycles. The fraction of sp³-hybridized carbons (Fsp3) is 0.545. The van der Waals surface area contributed by atoms with Crippen LogP contribution in [0.2, 0.25) is 0 Å². The Labute approximate surface area is 98.2 Å². The van der Waals surface area contributed by atoms with Crippen molar-refractivity contribution < 1.29 is 13.2 Å². The van der Waals surface area contributed by atoms with Gasteiger partial charge in [-0.15, -0.1) is 0 Å². The number of alkyl halides is 3. The lowest BCUT2D eigenvalue weighted by Crippen LogP contribution is -2.24. The number of anilines is 1. The van der Waals surface area contributed by atoms with E-state index in [9.17, 15) is 13.2 Å². The lowest BCUT2D eigenvalue weighted by Gasteiger charge is -2.20. The van der Waals surface area contributed by atoms with Crippen molar-refractivity contribution in [3.8, 4) is 0 Å². The van der Waals surface area contributed by atoms with E-state index in [0.717, 1.165) is 0 Å². The van der Waals surface area contributed by atoms with Crippen LogP contribution in [0.5, 0.6) is 0 Å². The van der Waals surface area contributed by atoms with E-state index in [1.165, 1.54) is 6.20 Å². The normalized spacial score (nSPS) is 13.6. The first kappa shape index (κ1) is 13.8. The summed E-state index contributed by atoms with van der Waals surface area (Å²) in [5.74, 6) is 0.278. The molecule has 1 unspecified atom stereocenters. The van der Waals surface area contributed by atoms with Crippen molar-refractivity contribution >= 4 is 5.82 Å². The maximum absolute atomic E-state index is 12.2. The Morgan fingerprint density at radius 2 is 2.18 bits per heavy atom. The van der Waals surface area contributed by atoms with Crippen molar-refractivity contribution in [1.29, 1.82) is 0 Å². The van der Waals surface area contributed by atoms with Gasteiger partial charge in [-0.1, -0.05) is 13.0 Å². The van der Waals surface area contributed by atoms with Crippen LogP contribution in [0.25, 0.3) is 0 Å². The number of nitrogens with zero attached hydrogens (tertiary/aromatic N) is 1. The Kier molecular flexibility index (Phi) is 4.74. The topological polar surface area (TPSA) is 50.9 Å². The largest absolute Gasteiger partial charge is 0.389 e. The van der Waals surface area contributed by atoms with Gasteiger partial charge in [-0.05, 0) is 19.0 Å². The van der Waals surface area contributed by atoms with E-state index in [1.807, 2.05) is 6.92 Å². The summed E-state index contributed by atoms with van der Waals surface area (Å²) in [6.45, 7) is 2.42. The zero-order chi connectivity index (χ0) is 12.9. The summed E-state index contributed by atoms with van der Waals surface area (Å²) in [4.78, 5) is 3.88. The highest BCUT2D eigenvalue weighted by molar-refractivity contribution is 5.40. The average Bonchev–Trinajstić information content (AvgIpc) is 2.24. The van der Waals surface area contributed by atoms with Crippen molar-refractivity contribution in [3.05, 3.63) is 23.9 Å². The fourth-order valence-corrected chi connectivity index (χ4v) is 1.65. The standard InChI is InChI=1S/C11H16F3N3/c1-2-16-9(5-6-11(12,13)14)8-4-3-7-17-10(8)15/h3-4,7,9,16H,2,5-6H2,1H3,(H2,15,17). The van der Waals surface area contributed by atoms with Crippen LogP contribution < -0.4 is 11.1 Å². The van der Waals surface area contributed by atoms with Crippen LogP contribution >= 0.6 is 0 Å². The van der Waals surface area contributed by atoms with Gasteiger partial charge >= 0.3 is 6.18 Å². The second-order valence-corrected chi connectivity index (χ2v) is 3.74. The van der Waals surface area contributed by atoms with E-state index in [2.05, 4.69) is 10.3 Å². The Balaban J connectivity index is 2.75. The maximum Gasteiger partial charge on any atom is 0.389 e. The first-order valence-electron chi connectivity index (χ1n) is 5.44. The van der Waals surface area contributed by atoms with E-state index >= 15 is 0 Å². The molecule has 1 aromatic rings. The number of nitrogens with one attached hydrogen (secondary N) is 1. The summed E-state index contributed by atoms with van der Waals surface area (Å²) < 4.78 is 36.6. The molecule has 0 aromatic carbocycles. The van der Waals surface area contributed by atoms with E-state index in [1.54, 1.807) is 12.1 Å². The molecular weight excluding hydrogens is 231 g/mol. The van der Waals surface area contributed by atoms with E-state index in [4.69, 9.17) is 5.73 Å². The SMILES string of the molecule is CCNC(CCC(F)(F)F)c1cccnc1N. The van der Waals surface area contributed by atoms with Gasteiger partial charge in [0.15, 0.2) is 0 Å². The summed E-state index contributed by atoms with van der Waals surface area (Å²) in [7, 11) is 0. The molecule has 0 amide bonds. The second-order valence-electron chi connectivity index (χ2n) is 3.74. The molecular formula is C11H16F3N3. The molecule has 0 fully saturated rings. The lowest BCUT2D eigenvalue weighted by molar-refractivity contribution is -0.136. The summed E-state index contributed by atoms with van der Waals surface area (Å²) >= 11 is 0. The summed E-state index contributed by atoms with van der Waals surface area (Å²) in [6.07, 6.45) is -3.50. The molecule has 1 heterocycles. The van der Waals surface area contributed by atoms with Gasteiger partial charge in [-0.2, -0.15) is 13.2 Å². The Morgan fingerprint density at radius 3 is 2.71 bits per heavy atom. The van der Waals surface area contributed by atoms with Gasteiger partial charge in [0.25, 0.3) is 0 Å². The lowest BCUT2D eigenvalue weighted by atomic mass is 10.0. The van der Waals surface area contributed by atoms with E-state index in [-0.39, 0.29) is 12.2 Å². The van der Waals surface area contributed by atoms with Crippen LogP contribution in [-0.4, -0.2) is 17.7 Å². The van der Waals surface area contributed by atoms with Crippen molar-refractivity contribution in [1.82, 2.24) is 10.3 Å². The zero-order valence-corrected chi connectivity index (χ0v) is 9.59. The highest BCUT2D eigenvalue weighted by Crippen LogP contribution is 2.29. The smallest absolute Gasteiger partial charge is 0.383 e. The monoisotopic (exact) mass is 247 g/mol. The molecule has 0 aliphatic carbocycles. The first-order chi connectivity index (χ1) is 7.94. The third kappa shape index (κ3) is 4.60. The molecule has 0 radical (unpaired) electrons. The van der Waals surface area contributed by atoms with Gasteiger partial charge in [0.05, 0.1) is 0 Å². The third-order valence-corrected chi connectivity index (χ3v) is 2.41. The quantitative estimate of drug-likeness (QED) is 0.841. The van der Waals surface area contributed by atoms with E-state index in [0.29, 0.717) is 12.1 Å². The molecule has 0 spiro atoms. The molecule has 96 valence electrons. The van der Waals surface area contributed by atoms with Gasteiger partial charge in [0.2, 0.25) is 0 Å².